The van der Waals surface area contributed by atoms with E-state index in [-0.39, 0.29) is 17.9 Å². The fraction of sp³-hybridized carbons (Fsp3) is 0.500. The van der Waals surface area contributed by atoms with Crippen LogP contribution in [0.3, 0.4) is 0 Å². The van der Waals surface area contributed by atoms with Gasteiger partial charge in [-0.05, 0) is 49.9 Å². The Morgan fingerprint density at radius 1 is 1.31 bits per heavy atom. The van der Waals surface area contributed by atoms with E-state index in [4.69, 9.17) is 10.5 Å². The topological polar surface area (TPSA) is 35.2 Å². The summed E-state index contributed by atoms with van der Waals surface area (Å²) >= 11 is 3.47. The zero-order chi connectivity index (χ0) is 11.1. The maximum atomic E-state index is 5.99. The monoisotopic (exact) mass is 305 g/mol. The molecule has 0 atom stereocenters. The second-order valence-electron chi connectivity index (χ2n) is 4.52. The Labute approximate surface area is 111 Å². The van der Waals surface area contributed by atoms with Gasteiger partial charge in [-0.3, -0.25) is 0 Å². The van der Waals surface area contributed by atoms with Crippen LogP contribution in [-0.2, 0) is 0 Å². The van der Waals surface area contributed by atoms with Gasteiger partial charge >= 0.3 is 0 Å². The predicted octanol–water partition coefficient (Wildman–Crippen LogP) is 3.36. The summed E-state index contributed by atoms with van der Waals surface area (Å²) in [6.45, 7) is 4.75. The summed E-state index contributed by atoms with van der Waals surface area (Å²) in [4.78, 5) is 0. The first kappa shape index (κ1) is 13.8. The van der Waals surface area contributed by atoms with Crippen molar-refractivity contribution < 1.29 is 4.74 Å². The van der Waals surface area contributed by atoms with Crippen LogP contribution in [0.1, 0.15) is 24.0 Å². The quantitative estimate of drug-likeness (QED) is 0.929. The maximum Gasteiger partial charge on any atom is 0.125 e. The predicted molar refractivity (Wildman–Crippen MR) is 72.5 cm³/mol. The van der Waals surface area contributed by atoms with E-state index in [0.29, 0.717) is 6.61 Å². The second-order valence-corrected chi connectivity index (χ2v) is 5.44. The molecule has 0 bridgehead atoms. The molecule has 0 spiro atoms. The van der Waals surface area contributed by atoms with Gasteiger partial charge in [0, 0.05) is 4.47 Å². The first-order chi connectivity index (χ1) is 7.00. The number of ether oxygens (including phenoxy) is 1. The summed E-state index contributed by atoms with van der Waals surface area (Å²) < 4.78 is 6.90. The van der Waals surface area contributed by atoms with Gasteiger partial charge < -0.3 is 10.5 Å². The van der Waals surface area contributed by atoms with Crippen molar-refractivity contribution in [3.05, 3.63) is 27.7 Å². The number of benzene rings is 1. The van der Waals surface area contributed by atoms with Crippen LogP contribution in [0.25, 0.3) is 0 Å². The largest absolute Gasteiger partial charge is 0.491 e. The Morgan fingerprint density at radius 3 is 2.25 bits per heavy atom. The van der Waals surface area contributed by atoms with E-state index in [1.807, 2.05) is 0 Å². The van der Waals surface area contributed by atoms with Gasteiger partial charge in [0.05, 0.1) is 5.54 Å². The minimum Gasteiger partial charge on any atom is -0.491 e. The molecular weight excluding hydrogens is 289 g/mol. The molecule has 1 aliphatic carbocycles. The van der Waals surface area contributed by atoms with Crippen molar-refractivity contribution in [3.8, 4) is 5.75 Å². The number of halogens is 2. The van der Waals surface area contributed by atoms with Gasteiger partial charge in [-0.25, -0.2) is 0 Å². The van der Waals surface area contributed by atoms with Crippen LogP contribution in [0.4, 0.5) is 0 Å². The van der Waals surface area contributed by atoms with Crippen LogP contribution in [0, 0.1) is 13.8 Å². The fourth-order valence-electron chi connectivity index (χ4n) is 1.65. The molecule has 1 saturated carbocycles. The van der Waals surface area contributed by atoms with Crippen LogP contribution in [0.15, 0.2) is 16.6 Å². The van der Waals surface area contributed by atoms with Crippen molar-refractivity contribution in [1.82, 2.24) is 0 Å². The highest BCUT2D eigenvalue weighted by Crippen LogP contribution is 2.34. The molecule has 1 aliphatic rings. The van der Waals surface area contributed by atoms with E-state index in [9.17, 15) is 0 Å². The van der Waals surface area contributed by atoms with Crippen LogP contribution >= 0.6 is 28.3 Å². The lowest BCUT2D eigenvalue weighted by molar-refractivity contribution is 0.276. The fourth-order valence-corrected chi connectivity index (χ4v) is 2.33. The molecule has 0 amide bonds. The molecule has 2 N–H and O–H groups in total. The average Bonchev–Trinajstić information content (AvgIpc) is 2.82. The summed E-state index contributed by atoms with van der Waals surface area (Å²) in [5.41, 5.74) is 8.26. The molecule has 16 heavy (non-hydrogen) atoms. The van der Waals surface area contributed by atoms with Gasteiger partial charge in [0.1, 0.15) is 12.4 Å². The number of nitrogens with two attached hydrogens (primary N) is 1. The van der Waals surface area contributed by atoms with Crippen molar-refractivity contribution in [3.63, 3.8) is 0 Å². The Bertz CT molecular complexity index is 368. The SMILES string of the molecule is Cc1cc(Br)cc(C)c1OCC1(N)CC1.Cl. The van der Waals surface area contributed by atoms with Crippen LogP contribution < -0.4 is 10.5 Å². The van der Waals surface area contributed by atoms with Gasteiger partial charge in [-0.1, -0.05) is 15.9 Å². The number of hydrogen-bond donors (Lipinski definition) is 1. The third-order valence-electron chi connectivity index (χ3n) is 2.82. The minimum absolute atomic E-state index is 0. The molecule has 90 valence electrons. The highest BCUT2D eigenvalue weighted by molar-refractivity contribution is 9.10. The standard InChI is InChI=1S/C12H16BrNO.ClH/c1-8-5-10(13)6-9(2)11(8)15-7-12(14)3-4-12;/h5-6H,3-4,7,14H2,1-2H3;1H. The summed E-state index contributed by atoms with van der Waals surface area (Å²) in [6.07, 6.45) is 2.17. The Balaban J connectivity index is 0.00000128. The minimum atomic E-state index is -0.0496. The van der Waals surface area contributed by atoms with Gasteiger partial charge in [0.15, 0.2) is 0 Å². The van der Waals surface area contributed by atoms with E-state index < -0.39 is 0 Å². The van der Waals surface area contributed by atoms with E-state index in [1.54, 1.807) is 0 Å². The Hall–Kier alpha value is -0.250. The maximum absolute atomic E-state index is 5.99. The van der Waals surface area contributed by atoms with Crippen molar-refractivity contribution in [2.75, 3.05) is 6.61 Å². The highest BCUT2D eigenvalue weighted by atomic mass is 79.9. The van der Waals surface area contributed by atoms with Crippen LogP contribution in [-0.4, -0.2) is 12.1 Å². The zero-order valence-electron chi connectivity index (χ0n) is 9.55. The summed E-state index contributed by atoms with van der Waals surface area (Å²) in [7, 11) is 0. The second kappa shape index (κ2) is 4.94. The summed E-state index contributed by atoms with van der Waals surface area (Å²) in [5, 5.41) is 0. The third kappa shape index (κ3) is 3.12. The summed E-state index contributed by atoms with van der Waals surface area (Å²) in [6, 6.07) is 4.14. The number of aryl methyl sites for hydroxylation is 2. The molecule has 0 aliphatic heterocycles. The molecule has 4 heteroatoms. The molecule has 1 aromatic rings. The van der Waals surface area contributed by atoms with E-state index in [2.05, 4.69) is 41.9 Å². The molecule has 0 saturated heterocycles. The third-order valence-corrected chi connectivity index (χ3v) is 3.28. The normalized spacial score (nSPS) is 16.5. The summed E-state index contributed by atoms with van der Waals surface area (Å²) in [5.74, 6) is 0.981. The van der Waals surface area contributed by atoms with E-state index >= 15 is 0 Å². The van der Waals surface area contributed by atoms with Gasteiger partial charge in [0.25, 0.3) is 0 Å². The molecule has 0 aromatic heterocycles. The molecular formula is C12H17BrClNO. The van der Waals surface area contributed by atoms with Gasteiger partial charge in [-0.15, -0.1) is 12.4 Å². The van der Waals surface area contributed by atoms with Crippen LogP contribution in [0.5, 0.6) is 5.75 Å². The van der Waals surface area contributed by atoms with E-state index in [0.717, 1.165) is 34.2 Å². The number of hydrogen-bond acceptors (Lipinski definition) is 2. The number of rotatable bonds is 3. The Morgan fingerprint density at radius 2 is 1.81 bits per heavy atom. The smallest absolute Gasteiger partial charge is 0.125 e. The van der Waals surface area contributed by atoms with Crippen LogP contribution in [0.2, 0.25) is 0 Å². The lowest BCUT2D eigenvalue weighted by Gasteiger charge is -2.15. The molecule has 1 fully saturated rings. The lowest BCUT2D eigenvalue weighted by Crippen LogP contribution is -2.30. The average molecular weight is 307 g/mol. The van der Waals surface area contributed by atoms with Crippen molar-refractivity contribution >= 4 is 28.3 Å². The molecule has 2 nitrogen and oxygen atoms in total. The van der Waals surface area contributed by atoms with Gasteiger partial charge in [0.2, 0.25) is 0 Å². The highest BCUT2D eigenvalue weighted by Gasteiger charge is 2.39. The molecule has 0 heterocycles. The van der Waals surface area contributed by atoms with Crippen molar-refractivity contribution in [2.45, 2.75) is 32.2 Å². The first-order valence-electron chi connectivity index (χ1n) is 5.19. The molecule has 1 aromatic carbocycles. The molecule has 0 radical (unpaired) electrons. The van der Waals surface area contributed by atoms with Crippen molar-refractivity contribution in [2.24, 2.45) is 5.73 Å². The van der Waals surface area contributed by atoms with Crippen molar-refractivity contribution in [1.29, 1.82) is 0 Å². The first-order valence-corrected chi connectivity index (χ1v) is 5.98. The van der Waals surface area contributed by atoms with E-state index in [1.165, 1.54) is 0 Å². The lowest BCUT2D eigenvalue weighted by atomic mass is 10.1. The molecule has 2 rings (SSSR count). The Kier molecular flexibility index (Phi) is 4.27. The molecule has 0 unspecified atom stereocenters. The van der Waals surface area contributed by atoms with Gasteiger partial charge in [-0.2, -0.15) is 0 Å². The zero-order valence-corrected chi connectivity index (χ0v) is 12.0.